The van der Waals surface area contributed by atoms with Crippen molar-refractivity contribution in [1.29, 1.82) is 0 Å². The normalized spacial score (nSPS) is 11.9. The Kier molecular flexibility index (Phi) is 24.8. The Morgan fingerprint density at radius 1 is 0.815 bits per heavy atom. The van der Waals surface area contributed by atoms with Gasteiger partial charge in [-0.25, -0.2) is 0 Å². The molecule has 0 amide bonds. The number of carboxylic acid groups (broad SMARTS) is 1. The number of aliphatic carboxylic acids is 1. The molecule has 27 heavy (non-hydrogen) atoms. The SMILES string of the molecule is CC(C)CCCCCC(=O)O.CCCCCCCCCCC(O)CNCC. The van der Waals surface area contributed by atoms with E-state index in [1.54, 1.807) is 0 Å². The van der Waals surface area contributed by atoms with Gasteiger partial charge >= 0.3 is 5.97 Å². The molecule has 0 spiro atoms. The minimum absolute atomic E-state index is 0.139. The van der Waals surface area contributed by atoms with E-state index in [1.165, 1.54) is 64.2 Å². The van der Waals surface area contributed by atoms with E-state index < -0.39 is 5.97 Å². The summed E-state index contributed by atoms with van der Waals surface area (Å²) in [5, 5.41) is 21.1. The summed E-state index contributed by atoms with van der Waals surface area (Å²) in [6.45, 7) is 10.4. The van der Waals surface area contributed by atoms with Crippen LogP contribution in [0.3, 0.4) is 0 Å². The monoisotopic (exact) mass is 387 g/mol. The molecule has 0 aromatic heterocycles. The molecule has 0 bridgehead atoms. The summed E-state index contributed by atoms with van der Waals surface area (Å²) < 4.78 is 0. The van der Waals surface area contributed by atoms with Crippen LogP contribution in [-0.4, -0.2) is 35.4 Å². The summed E-state index contributed by atoms with van der Waals surface area (Å²) in [5.41, 5.74) is 0. The molecule has 0 aromatic rings. The van der Waals surface area contributed by atoms with E-state index in [0.717, 1.165) is 38.3 Å². The van der Waals surface area contributed by atoms with E-state index in [4.69, 9.17) is 5.11 Å². The average Bonchev–Trinajstić information content (AvgIpc) is 2.62. The quantitative estimate of drug-likeness (QED) is 0.246. The second kappa shape index (κ2) is 23.4. The first-order chi connectivity index (χ1) is 12.9. The van der Waals surface area contributed by atoms with E-state index in [-0.39, 0.29) is 6.10 Å². The van der Waals surface area contributed by atoms with Gasteiger partial charge in [0.2, 0.25) is 0 Å². The highest BCUT2D eigenvalue weighted by atomic mass is 16.4. The Balaban J connectivity index is 0. The lowest BCUT2D eigenvalue weighted by atomic mass is 10.0. The Morgan fingerprint density at radius 2 is 1.33 bits per heavy atom. The third-order valence-electron chi connectivity index (χ3n) is 4.69. The molecule has 0 aliphatic heterocycles. The fourth-order valence-electron chi connectivity index (χ4n) is 2.93. The van der Waals surface area contributed by atoms with Crippen LogP contribution in [0.4, 0.5) is 0 Å². The van der Waals surface area contributed by atoms with Crippen molar-refractivity contribution in [2.75, 3.05) is 13.1 Å². The number of carbonyl (C=O) groups is 1. The molecule has 0 aliphatic rings. The van der Waals surface area contributed by atoms with Gasteiger partial charge in [0.15, 0.2) is 0 Å². The molecular weight excluding hydrogens is 338 g/mol. The van der Waals surface area contributed by atoms with Gasteiger partial charge in [0.1, 0.15) is 0 Å². The number of aliphatic hydroxyl groups excluding tert-OH is 1. The molecule has 0 saturated heterocycles. The van der Waals surface area contributed by atoms with Gasteiger partial charge in [-0.1, -0.05) is 98.3 Å². The van der Waals surface area contributed by atoms with Crippen LogP contribution in [0.15, 0.2) is 0 Å². The largest absolute Gasteiger partial charge is 0.481 e. The lowest BCUT2D eigenvalue weighted by Crippen LogP contribution is -2.26. The molecule has 0 saturated carbocycles. The third kappa shape index (κ3) is 30.4. The van der Waals surface area contributed by atoms with Gasteiger partial charge < -0.3 is 15.5 Å². The fraction of sp³-hybridized carbons (Fsp3) is 0.957. The van der Waals surface area contributed by atoms with E-state index >= 15 is 0 Å². The predicted octanol–water partition coefficient (Wildman–Crippen LogP) is 6.17. The number of unbranched alkanes of at least 4 members (excludes halogenated alkanes) is 9. The summed E-state index contributed by atoms with van der Waals surface area (Å²) in [4.78, 5) is 10.1. The Bertz CT molecular complexity index is 295. The maximum atomic E-state index is 10.1. The number of aliphatic hydroxyl groups is 1. The molecule has 3 N–H and O–H groups in total. The summed E-state index contributed by atoms with van der Waals surface area (Å²) in [7, 11) is 0. The van der Waals surface area contributed by atoms with Gasteiger partial charge in [-0.15, -0.1) is 0 Å². The Hall–Kier alpha value is -0.610. The van der Waals surface area contributed by atoms with Crippen molar-refractivity contribution < 1.29 is 15.0 Å². The molecule has 0 radical (unpaired) electrons. The van der Waals surface area contributed by atoms with Gasteiger partial charge in [-0.3, -0.25) is 4.79 Å². The number of nitrogens with one attached hydrogen (secondary N) is 1. The molecular formula is C23H49NO3. The number of hydrogen-bond acceptors (Lipinski definition) is 3. The van der Waals surface area contributed by atoms with Crippen LogP contribution in [-0.2, 0) is 4.79 Å². The summed E-state index contributed by atoms with van der Waals surface area (Å²) in [6, 6.07) is 0. The number of hydrogen-bond donors (Lipinski definition) is 3. The first-order valence-electron chi connectivity index (χ1n) is 11.5. The molecule has 4 heteroatoms. The fourth-order valence-corrected chi connectivity index (χ4v) is 2.93. The van der Waals surface area contributed by atoms with Crippen molar-refractivity contribution >= 4 is 5.97 Å². The molecule has 0 aliphatic carbocycles. The van der Waals surface area contributed by atoms with Crippen LogP contribution >= 0.6 is 0 Å². The lowest BCUT2D eigenvalue weighted by molar-refractivity contribution is -0.137. The van der Waals surface area contributed by atoms with Gasteiger partial charge in [0.05, 0.1) is 6.10 Å². The van der Waals surface area contributed by atoms with Gasteiger partial charge in [-0.05, 0) is 25.3 Å². The minimum atomic E-state index is -0.672. The maximum absolute atomic E-state index is 10.1. The summed E-state index contributed by atoms with van der Waals surface area (Å²) in [5.74, 6) is 0.0781. The highest BCUT2D eigenvalue weighted by Crippen LogP contribution is 2.10. The molecule has 0 rings (SSSR count). The van der Waals surface area contributed by atoms with Crippen molar-refractivity contribution in [3.05, 3.63) is 0 Å². The van der Waals surface area contributed by atoms with E-state index in [1.807, 2.05) is 0 Å². The van der Waals surface area contributed by atoms with Crippen LogP contribution in [0, 0.1) is 5.92 Å². The van der Waals surface area contributed by atoms with Gasteiger partial charge in [0, 0.05) is 13.0 Å². The average molecular weight is 388 g/mol. The second-order valence-corrected chi connectivity index (χ2v) is 8.11. The number of rotatable bonds is 18. The summed E-state index contributed by atoms with van der Waals surface area (Å²) >= 11 is 0. The Morgan fingerprint density at radius 3 is 1.85 bits per heavy atom. The first-order valence-corrected chi connectivity index (χ1v) is 11.5. The molecule has 0 fully saturated rings. The molecule has 4 nitrogen and oxygen atoms in total. The second-order valence-electron chi connectivity index (χ2n) is 8.11. The smallest absolute Gasteiger partial charge is 0.303 e. The Labute approximate surface area is 169 Å². The van der Waals surface area contributed by atoms with Crippen LogP contribution in [0.25, 0.3) is 0 Å². The van der Waals surface area contributed by atoms with Gasteiger partial charge in [0.25, 0.3) is 0 Å². The molecule has 0 aromatic carbocycles. The zero-order chi connectivity index (χ0) is 20.8. The lowest BCUT2D eigenvalue weighted by Gasteiger charge is -2.10. The molecule has 164 valence electrons. The van der Waals surface area contributed by atoms with Crippen molar-refractivity contribution in [3.8, 4) is 0 Å². The van der Waals surface area contributed by atoms with Crippen LogP contribution in [0.1, 0.15) is 118 Å². The van der Waals surface area contributed by atoms with E-state index in [9.17, 15) is 9.90 Å². The third-order valence-corrected chi connectivity index (χ3v) is 4.69. The summed E-state index contributed by atoms with van der Waals surface area (Å²) in [6.07, 6.45) is 16.2. The van der Waals surface area contributed by atoms with Gasteiger partial charge in [-0.2, -0.15) is 0 Å². The first kappa shape index (κ1) is 28.6. The zero-order valence-electron chi connectivity index (χ0n) is 18.8. The standard InChI is InChI=1S/C14H31NO.C9H18O2/c1-3-5-6-7-8-9-10-11-12-14(16)13-15-4-2;1-8(2)6-4-3-5-7-9(10)11/h14-16H,3-13H2,1-2H3;8H,3-7H2,1-2H3,(H,10,11). The predicted molar refractivity (Wildman–Crippen MR) is 117 cm³/mol. The van der Waals surface area contributed by atoms with Crippen LogP contribution in [0.5, 0.6) is 0 Å². The molecule has 1 unspecified atom stereocenters. The van der Waals surface area contributed by atoms with Crippen LogP contribution in [0.2, 0.25) is 0 Å². The van der Waals surface area contributed by atoms with Crippen molar-refractivity contribution in [2.45, 2.75) is 124 Å². The van der Waals surface area contributed by atoms with Crippen molar-refractivity contribution in [2.24, 2.45) is 5.92 Å². The van der Waals surface area contributed by atoms with Crippen LogP contribution < -0.4 is 5.32 Å². The highest BCUT2D eigenvalue weighted by molar-refractivity contribution is 5.66. The van der Waals surface area contributed by atoms with E-state index in [2.05, 4.69) is 33.0 Å². The number of carboxylic acids is 1. The van der Waals surface area contributed by atoms with E-state index in [0.29, 0.717) is 6.42 Å². The topological polar surface area (TPSA) is 69.6 Å². The highest BCUT2D eigenvalue weighted by Gasteiger charge is 2.02. The maximum Gasteiger partial charge on any atom is 0.303 e. The molecule has 1 atom stereocenters. The number of likely N-dealkylation sites (N-methyl/N-ethyl adjacent to an activating group) is 1. The minimum Gasteiger partial charge on any atom is -0.481 e. The van der Waals surface area contributed by atoms with Crippen molar-refractivity contribution in [3.63, 3.8) is 0 Å². The molecule has 0 heterocycles. The zero-order valence-corrected chi connectivity index (χ0v) is 18.8. The van der Waals surface area contributed by atoms with Crippen molar-refractivity contribution in [1.82, 2.24) is 5.32 Å².